The molecule has 0 unspecified atom stereocenters. The molecule has 53 heavy (non-hydrogen) atoms. The topological polar surface area (TPSA) is 3.24 Å². The fourth-order valence-corrected chi connectivity index (χ4v) is 10.8. The van der Waals surface area contributed by atoms with Gasteiger partial charge in [0.25, 0.3) is 0 Å². The summed E-state index contributed by atoms with van der Waals surface area (Å²) in [5.41, 5.74) is 8.34. The third-order valence-electron chi connectivity index (χ3n) is 10.7. The van der Waals surface area contributed by atoms with E-state index in [0.717, 1.165) is 17.1 Å². The molecule has 2 heterocycles. The summed E-state index contributed by atoms with van der Waals surface area (Å²) in [5, 5.41) is 10.4. The molecule has 0 spiro atoms. The highest BCUT2D eigenvalue weighted by Crippen LogP contribution is 2.48. The van der Waals surface area contributed by atoms with Gasteiger partial charge in [0, 0.05) is 57.1 Å². The summed E-state index contributed by atoms with van der Waals surface area (Å²) >= 11 is 3.82. The molecule has 3 heteroatoms. The number of nitrogens with zero attached hydrogens (tertiary/aromatic N) is 1. The maximum Gasteiger partial charge on any atom is 0.0540 e. The van der Waals surface area contributed by atoms with Crippen molar-refractivity contribution in [2.24, 2.45) is 0 Å². The number of hydrogen-bond donors (Lipinski definition) is 0. The highest BCUT2D eigenvalue weighted by molar-refractivity contribution is 7.30. The van der Waals surface area contributed by atoms with Gasteiger partial charge in [-0.25, -0.2) is 0 Å². The zero-order valence-electron chi connectivity index (χ0n) is 28.7. The standard InChI is InChI=1S/C50H31NS2/c1-3-17-38-32(11-1)13-8-20-39(38)34-25-27-36(28-26-34)51(45-23-9-14-33-12-2-4-18-40(33)45)37-16-7-15-35(31-37)41-21-10-22-42-43-29-30-47-48(50(43)53-49(41)42)44-19-5-6-24-46(44)52-47/h1-31H. The summed E-state index contributed by atoms with van der Waals surface area (Å²) in [6, 6.07) is 69.0. The number of anilines is 3. The summed E-state index contributed by atoms with van der Waals surface area (Å²) in [7, 11) is 0. The maximum atomic E-state index is 2.42. The van der Waals surface area contributed by atoms with Gasteiger partial charge in [0.15, 0.2) is 0 Å². The Labute approximate surface area is 315 Å². The molecule has 0 aliphatic carbocycles. The van der Waals surface area contributed by atoms with Crippen molar-refractivity contribution in [3.63, 3.8) is 0 Å². The smallest absolute Gasteiger partial charge is 0.0540 e. The van der Waals surface area contributed by atoms with Gasteiger partial charge in [0.1, 0.15) is 0 Å². The van der Waals surface area contributed by atoms with Crippen molar-refractivity contribution in [3.05, 3.63) is 188 Å². The van der Waals surface area contributed by atoms with E-state index in [1.165, 1.54) is 84.1 Å². The molecule has 0 atom stereocenters. The van der Waals surface area contributed by atoms with Crippen molar-refractivity contribution in [2.45, 2.75) is 0 Å². The molecule has 0 saturated heterocycles. The molecule has 0 saturated carbocycles. The van der Waals surface area contributed by atoms with Crippen LogP contribution in [-0.4, -0.2) is 0 Å². The van der Waals surface area contributed by atoms with Crippen molar-refractivity contribution >= 4 is 102 Å². The van der Waals surface area contributed by atoms with Crippen molar-refractivity contribution in [3.8, 4) is 22.3 Å². The molecular formula is C50H31NS2. The van der Waals surface area contributed by atoms with Crippen LogP contribution in [0, 0.1) is 0 Å². The zero-order valence-corrected chi connectivity index (χ0v) is 30.3. The van der Waals surface area contributed by atoms with Gasteiger partial charge < -0.3 is 4.90 Å². The Bertz CT molecular complexity index is 3170. The molecule has 0 amide bonds. The van der Waals surface area contributed by atoms with Crippen molar-refractivity contribution in [2.75, 3.05) is 4.90 Å². The van der Waals surface area contributed by atoms with Crippen LogP contribution in [0.2, 0.25) is 0 Å². The lowest BCUT2D eigenvalue weighted by molar-refractivity contribution is 1.30. The lowest BCUT2D eigenvalue weighted by Gasteiger charge is -2.27. The minimum atomic E-state index is 1.12. The first-order chi connectivity index (χ1) is 26.3. The zero-order chi connectivity index (χ0) is 34.9. The Morgan fingerprint density at radius 3 is 1.85 bits per heavy atom. The van der Waals surface area contributed by atoms with Crippen LogP contribution in [0.15, 0.2) is 188 Å². The lowest BCUT2D eigenvalue weighted by Crippen LogP contribution is -2.10. The van der Waals surface area contributed by atoms with Gasteiger partial charge in [-0.3, -0.25) is 0 Å². The van der Waals surface area contributed by atoms with E-state index < -0.39 is 0 Å². The van der Waals surface area contributed by atoms with Gasteiger partial charge in [-0.1, -0.05) is 146 Å². The van der Waals surface area contributed by atoms with Crippen molar-refractivity contribution in [1.29, 1.82) is 0 Å². The Morgan fingerprint density at radius 2 is 0.981 bits per heavy atom. The fourth-order valence-electron chi connectivity index (χ4n) is 8.20. The first-order valence-electron chi connectivity index (χ1n) is 18.0. The van der Waals surface area contributed by atoms with Crippen LogP contribution < -0.4 is 4.90 Å². The van der Waals surface area contributed by atoms with Gasteiger partial charge in [-0.2, -0.15) is 0 Å². The molecule has 11 rings (SSSR count). The summed E-state index contributed by atoms with van der Waals surface area (Å²) in [5.74, 6) is 0. The minimum Gasteiger partial charge on any atom is -0.310 e. The van der Waals surface area contributed by atoms with Crippen LogP contribution >= 0.6 is 22.7 Å². The Balaban J connectivity index is 1.09. The maximum absolute atomic E-state index is 2.42. The van der Waals surface area contributed by atoms with Gasteiger partial charge in [0.2, 0.25) is 0 Å². The highest BCUT2D eigenvalue weighted by atomic mass is 32.1. The monoisotopic (exact) mass is 709 g/mol. The van der Waals surface area contributed by atoms with E-state index in [0.29, 0.717) is 0 Å². The molecule has 0 aliphatic heterocycles. The number of thiophene rings is 2. The van der Waals surface area contributed by atoms with E-state index in [2.05, 4.69) is 193 Å². The van der Waals surface area contributed by atoms with E-state index in [4.69, 9.17) is 0 Å². The number of benzene rings is 9. The third kappa shape index (κ3) is 4.89. The molecule has 9 aromatic carbocycles. The second-order valence-corrected chi connectivity index (χ2v) is 15.8. The molecule has 11 aromatic rings. The number of rotatable bonds is 5. The largest absolute Gasteiger partial charge is 0.310 e. The van der Waals surface area contributed by atoms with Crippen molar-refractivity contribution < 1.29 is 0 Å². The van der Waals surface area contributed by atoms with Crippen LogP contribution in [0.5, 0.6) is 0 Å². The van der Waals surface area contributed by atoms with E-state index >= 15 is 0 Å². The quantitative estimate of drug-likeness (QED) is 0.172. The van der Waals surface area contributed by atoms with Gasteiger partial charge in [0.05, 0.1) is 5.69 Å². The van der Waals surface area contributed by atoms with E-state index in [9.17, 15) is 0 Å². The second kappa shape index (κ2) is 12.2. The highest BCUT2D eigenvalue weighted by Gasteiger charge is 2.19. The molecule has 0 N–H and O–H groups in total. The van der Waals surface area contributed by atoms with Gasteiger partial charge in [-0.15, -0.1) is 22.7 Å². The fraction of sp³-hybridized carbons (Fsp3) is 0. The van der Waals surface area contributed by atoms with E-state index in [1.807, 2.05) is 22.7 Å². The normalized spacial score (nSPS) is 11.8. The second-order valence-electron chi connectivity index (χ2n) is 13.7. The predicted octanol–water partition coefficient (Wildman–Crippen LogP) is 15.5. The Hall–Kier alpha value is -6.26. The first kappa shape index (κ1) is 30.4. The van der Waals surface area contributed by atoms with Crippen LogP contribution in [0.4, 0.5) is 17.1 Å². The van der Waals surface area contributed by atoms with Crippen LogP contribution in [0.3, 0.4) is 0 Å². The molecule has 0 fully saturated rings. The van der Waals surface area contributed by atoms with Gasteiger partial charge >= 0.3 is 0 Å². The predicted molar refractivity (Wildman–Crippen MR) is 233 cm³/mol. The molecule has 0 aliphatic rings. The van der Waals surface area contributed by atoms with E-state index in [1.54, 1.807) is 0 Å². The Kier molecular flexibility index (Phi) is 6.97. The molecule has 2 aromatic heterocycles. The summed E-state index contributed by atoms with van der Waals surface area (Å²) in [4.78, 5) is 2.42. The van der Waals surface area contributed by atoms with Crippen molar-refractivity contribution in [1.82, 2.24) is 0 Å². The summed E-state index contributed by atoms with van der Waals surface area (Å²) in [6.07, 6.45) is 0. The summed E-state index contributed by atoms with van der Waals surface area (Å²) < 4.78 is 5.41. The number of fused-ring (bicyclic) bond motifs is 9. The van der Waals surface area contributed by atoms with Crippen LogP contribution in [0.25, 0.3) is 84.1 Å². The van der Waals surface area contributed by atoms with Crippen LogP contribution in [0.1, 0.15) is 0 Å². The van der Waals surface area contributed by atoms with E-state index in [-0.39, 0.29) is 0 Å². The first-order valence-corrected chi connectivity index (χ1v) is 19.6. The average molecular weight is 710 g/mol. The Morgan fingerprint density at radius 1 is 0.340 bits per heavy atom. The molecule has 248 valence electrons. The third-order valence-corrected chi connectivity index (χ3v) is 13.1. The number of hydrogen-bond acceptors (Lipinski definition) is 3. The lowest BCUT2D eigenvalue weighted by atomic mass is 9.97. The minimum absolute atomic E-state index is 1.12. The molecule has 1 nitrogen and oxygen atoms in total. The SMILES string of the molecule is c1cc(-c2cccc3c2sc2c3ccc3sc4ccccc4c32)cc(N(c2ccc(-c3cccc4ccccc34)cc2)c2cccc3ccccc23)c1. The van der Waals surface area contributed by atoms with Gasteiger partial charge in [-0.05, 0) is 80.9 Å². The average Bonchev–Trinajstić information content (AvgIpc) is 3.80. The molecular weight excluding hydrogens is 679 g/mol. The molecule has 0 radical (unpaired) electrons. The molecule has 0 bridgehead atoms. The van der Waals surface area contributed by atoms with Crippen LogP contribution in [-0.2, 0) is 0 Å². The summed E-state index contributed by atoms with van der Waals surface area (Å²) in [6.45, 7) is 0.